The minimum Gasteiger partial charge on any atom is -1.00 e. The third kappa shape index (κ3) is 5.84. The van der Waals surface area contributed by atoms with Gasteiger partial charge in [0.25, 0.3) is 5.69 Å². The van der Waals surface area contributed by atoms with Crippen LogP contribution < -0.4 is 21.5 Å². The molecule has 0 bridgehead atoms. The number of hydrogen-bond donors (Lipinski definition) is 0. The minimum absolute atomic E-state index is 0. The fraction of sp³-hybridized carbons (Fsp3) is 0.235. The second-order valence-corrected chi connectivity index (χ2v) is 5.65. The lowest BCUT2D eigenvalue weighted by Gasteiger charge is -2.07. The van der Waals surface area contributed by atoms with E-state index >= 15 is 0 Å². The Balaban J connectivity index is 0.00000312. The smallest absolute Gasteiger partial charge is 0.269 e. The molecule has 0 saturated carbocycles. The molecule has 0 N–H and O–H groups in total. The number of nitro benzene ring substituents is 1. The molecule has 0 amide bonds. The zero-order valence-corrected chi connectivity index (χ0v) is 15.5. The number of nitro groups is 1. The molecule has 1 heterocycles. The molecule has 7 nitrogen and oxygen atoms in total. The number of ketones is 2. The van der Waals surface area contributed by atoms with Crippen LogP contribution in [0.25, 0.3) is 0 Å². The monoisotopic (exact) mass is 407 g/mol. The highest BCUT2D eigenvalue weighted by Crippen LogP contribution is 2.12. The van der Waals surface area contributed by atoms with E-state index in [9.17, 15) is 19.7 Å². The summed E-state index contributed by atoms with van der Waals surface area (Å²) < 4.78 is 1.63. The van der Waals surface area contributed by atoms with Crippen molar-refractivity contribution in [1.29, 1.82) is 0 Å². The number of carbonyl (C=O) groups excluding carboxylic acids is 2. The largest absolute Gasteiger partial charge is 1.00 e. The van der Waals surface area contributed by atoms with E-state index in [1.165, 1.54) is 24.3 Å². The van der Waals surface area contributed by atoms with Crippen molar-refractivity contribution in [1.82, 2.24) is 4.90 Å². The van der Waals surface area contributed by atoms with Gasteiger partial charge in [-0.05, 0) is 32.3 Å². The maximum atomic E-state index is 12.3. The van der Waals surface area contributed by atoms with Gasteiger partial charge >= 0.3 is 0 Å². The first-order valence-electron chi connectivity index (χ1n) is 7.31. The minimum atomic E-state index is -0.511. The average Bonchev–Trinajstić information content (AvgIpc) is 2.54. The highest BCUT2D eigenvalue weighted by atomic mass is 79.9. The number of halogens is 1. The molecule has 25 heavy (non-hydrogen) atoms. The van der Waals surface area contributed by atoms with E-state index in [0.29, 0.717) is 17.7 Å². The zero-order chi connectivity index (χ0) is 17.7. The number of benzene rings is 1. The summed E-state index contributed by atoms with van der Waals surface area (Å²) in [5, 5.41) is 10.6. The molecule has 2 aromatic rings. The number of aromatic nitrogens is 1. The van der Waals surface area contributed by atoms with Crippen LogP contribution in [0.1, 0.15) is 20.7 Å². The van der Waals surface area contributed by atoms with Gasteiger partial charge in [-0.1, -0.05) is 0 Å². The Morgan fingerprint density at radius 2 is 1.72 bits per heavy atom. The molecule has 1 aromatic carbocycles. The Bertz CT molecular complexity index is 776. The van der Waals surface area contributed by atoms with Crippen LogP contribution in [0.2, 0.25) is 0 Å². The van der Waals surface area contributed by atoms with Crippen LogP contribution in [-0.4, -0.2) is 42.0 Å². The van der Waals surface area contributed by atoms with Gasteiger partial charge in [0, 0.05) is 23.8 Å². The lowest BCUT2D eigenvalue weighted by molar-refractivity contribution is -0.683. The van der Waals surface area contributed by atoms with Gasteiger partial charge < -0.3 is 21.9 Å². The van der Waals surface area contributed by atoms with Crippen LogP contribution >= 0.6 is 0 Å². The van der Waals surface area contributed by atoms with Crippen LogP contribution in [0.4, 0.5) is 5.69 Å². The van der Waals surface area contributed by atoms with Crippen molar-refractivity contribution in [3.63, 3.8) is 0 Å². The number of hydrogen-bond acceptors (Lipinski definition) is 5. The lowest BCUT2D eigenvalue weighted by Crippen LogP contribution is -3.00. The quantitative estimate of drug-likeness (QED) is 0.241. The van der Waals surface area contributed by atoms with E-state index in [2.05, 4.69) is 0 Å². The Kier molecular flexibility index (Phi) is 7.53. The van der Waals surface area contributed by atoms with Crippen molar-refractivity contribution in [2.75, 3.05) is 20.6 Å². The molecule has 0 spiro atoms. The first-order valence-corrected chi connectivity index (χ1v) is 7.31. The molecule has 0 fully saturated rings. The predicted octanol–water partition coefficient (Wildman–Crippen LogP) is -1.49. The highest BCUT2D eigenvalue weighted by molar-refractivity contribution is 5.97. The predicted molar refractivity (Wildman–Crippen MR) is 86.9 cm³/mol. The zero-order valence-electron chi connectivity index (χ0n) is 13.9. The topological polar surface area (TPSA) is 84.4 Å². The standard InChI is InChI=1S/C17H18N3O4.BrH/c1-18(2)11-16(21)14-4-3-9-19(10-14)12-17(22)13-5-7-15(8-6-13)20(23)24;/h3-10H,11-12H2,1-2H3;1H/q+1;/p-1. The average molecular weight is 408 g/mol. The van der Waals surface area contributed by atoms with Crippen LogP contribution in [0.15, 0.2) is 48.8 Å². The number of Topliss-reactive ketones (excluding diaryl/α,β-unsaturated/α-hetero) is 2. The third-order valence-electron chi connectivity index (χ3n) is 3.37. The summed E-state index contributed by atoms with van der Waals surface area (Å²) in [6.45, 7) is 0.348. The van der Waals surface area contributed by atoms with Crippen LogP contribution in [0, 0.1) is 10.1 Å². The number of non-ortho nitro benzene ring substituents is 1. The fourth-order valence-electron chi connectivity index (χ4n) is 2.19. The van der Waals surface area contributed by atoms with Gasteiger partial charge in [0.05, 0.1) is 17.0 Å². The summed E-state index contributed by atoms with van der Waals surface area (Å²) in [7, 11) is 3.63. The molecular formula is C17H18BrN3O4. The van der Waals surface area contributed by atoms with Gasteiger partial charge in [-0.3, -0.25) is 19.7 Å². The van der Waals surface area contributed by atoms with E-state index in [1.807, 2.05) is 14.1 Å². The molecule has 0 aliphatic carbocycles. The second-order valence-electron chi connectivity index (χ2n) is 5.65. The van der Waals surface area contributed by atoms with Crippen molar-refractivity contribution < 1.29 is 36.1 Å². The second kappa shape index (κ2) is 9.14. The molecule has 0 saturated heterocycles. The maximum Gasteiger partial charge on any atom is 0.269 e. The summed E-state index contributed by atoms with van der Waals surface area (Å²) >= 11 is 0. The fourth-order valence-corrected chi connectivity index (χ4v) is 2.19. The van der Waals surface area contributed by atoms with E-state index < -0.39 is 4.92 Å². The van der Waals surface area contributed by atoms with Gasteiger partial charge in [0.15, 0.2) is 18.2 Å². The normalized spacial score (nSPS) is 10.2. The molecule has 0 aliphatic heterocycles. The van der Waals surface area contributed by atoms with Gasteiger partial charge in [-0.15, -0.1) is 0 Å². The lowest BCUT2D eigenvalue weighted by atomic mass is 10.1. The van der Waals surface area contributed by atoms with Crippen LogP contribution in [0.3, 0.4) is 0 Å². The highest BCUT2D eigenvalue weighted by Gasteiger charge is 2.16. The van der Waals surface area contributed by atoms with Crippen molar-refractivity contribution in [3.8, 4) is 0 Å². The van der Waals surface area contributed by atoms with E-state index in [-0.39, 0.29) is 40.8 Å². The number of nitrogens with zero attached hydrogens (tertiary/aromatic N) is 3. The molecule has 2 rings (SSSR count). The first-order chi connectivity index (χ1) is 11.4. The molecular weight excluding hydrogens is 390 g/mol. The molecule has 0 unspecified atom stereocenters. The Morgan fingerprint density at radius 3 is 2.28 bits per heavy atom. The Morgan fingerprint density at radius 1 is 1.08 bits per heavy atom. The van der Waals surface area contributed by atoms with Crippen molar-refractivity contribution >= 4 is 17.3 Å². The van der Waals surface area contributed by atoms with Crippen molar-refractivity contribution in [2.45, 2.75) is 6.54 Å². The van der Waals surface area contributed by atoms with E-state index in [4.69, 9.17) is 0 Å². The van der Waals surface area contributed by atoms with Crippen LogP contribution in [-0.2, 0) is 6.54 Å². The summed E-state index contributed by atoms with van der Waals surface area (Å²) in [4.78, 5) is 36.2. The molecule has 8 heteroatoms. The molecule has 132 valence electrons. The number of rotatable bonds is 7. The number of carbonyl (C=O) groups is 2. The van der Waals surface area contributed by atoms with Gasteiger partial charge in [0.2, 0.25) is 12.3 Å². The molecule has 0 radical (unpaired) electrons. The maximum absolute atomic E-state index is 12.3. The molecule has 0 atom stereocenters. The summed E-state index contributed by atoms with van der Waals surface area (Å²) in [5.74, 6) is -0.218. The van der Waals surface area contributed by atoms with Gasteiger partial charge in [0.1, 0.15) is 0 Å². The van der Waals surface area contributed by atoms with Crippen LogP contribution in [0.5, 0.6) is 0 Å². The summed E-state index contributed by atoms with van der Waals surface area (Å²) in [5.41, 5.74) is 0.858. The number of likely N-dealkylation sites (N-methyl/N-ethyl adjacent to an activating group) is 1. The summed E-state index contributed by atoms with van der Waals surface area (Å²) in [6, 6.07) is 8.89. The first kappa shape index (κ1) is 20.6. The third-order valence-corrected chi connectivity index (χ3v) is 3.37. The van der Waals surface area contributed by atoms with E-state index in [1.54, 1.807) is 34.0 Å². The van der Waals surface area contributed by atoms with Gasteiger partial charge in [-0.25, -0.2) is 0 Å². The SMILES string of the molecule is CN(C)CC(=O)c1ccc[n+](CC(=O)c2ccc([N+](=O)[O-])cc2)c1.[Br-]. The Hall–Kier alpha value is -2.45. The molecule has 1 aromatic heterocycles. The Labute approximate surface area is 155 Å². The van der Waals surface area contributed by atoms with Crippen molar-refractivity contribution in [3.05, 3.63) is 70.0 Å². The number of pyridine rings is 1. The molecule has 0 aliphatic rings. The van der Waals surface area contributed by atoms with E-state index in [0.717, 1.165) is 0 Å². The van der Waals surface area contributed by atoms with Crippen molar-refractivity contribution in [2.24, 2.45) is 0 Å². The summed E-state index contributed by atoms with van der Waals surface area (Å²) in [6.07, 6.45) is 3.34. The van der Waals surface area contributed by atoms with Gasteiger partial charge in [-0.2, -0.15) is 4.57 Å².